The van der Waals surface area contributed by atoms with Crippen molar-refractivity contribution in [3.63, 3.8) is 0 Å². The molecule has 0 unspecified atom stereocenters. The molecule has 0 fully saturated rings. The average molecular weight is 202 g/mol. The Hall–Kier alpha value is -1.64. The van der Waals surface area contributed by atoms with E-state index in [-0.39, 0.29) is 0 Å². The molecule has 2 rings (SSSR count). The van der Waals surface area contributed by atoms with Crippen LogP contribution in [0.3, 0.4) is 0 Å². The van der Waals surface area contributed by atoms with Crippen LogP contribution >= 0.6 is 0 Å². The topological polar surface area (TPSA) is 38.9 Å². The minimum Gasteiger partial charge on any atom is -0.334 e. The fraction of sp³-hybridized carbons (Fsp3) is 0.333. The number of hydrogen-bond acceptors (Lipinski definition) is 3. The van der Waals surface area contributed by atoms with E-state index >= 15 is 0 Å². The standard InChI is InChI=1S/C12H14N2O/c1-8(2)10-6-4-5-7-11(10)12-13-9(3)14-15-12/h4-8H,1-3H3. The van der Waals surface area contributed by atoms with E-state index in [1.54, 1.807) is 0 Å². The van der Waals surface area contributed by atoms with Crippen LogP contribution in [0.1, 0.15) is 31.2 Å². The van der Waals surface area contributed by atoms with Crippen molar-refractivity contribution in [2.24, 2.45) is 0 Å². The van der Waals surface area contributed by atoms with Crippen LogP contribution in [0.4, 0.5) is 0 Å². The molecule has 0 aliphatic rings. The number of benzene rings is 1. The molecule has 1 heterocycles. The summed E-state index contributed by atoms with van der Waals surface area (Å²) in [6.07, 6.45) is 0. The Kier molecular flexibility index (Phi) is 2.54. The van der Waals surface area contributed by atoms with Gasteiger partial charge in [0.2, 0.25) is 0 Å². The van der Waals surface area contributed by atoms with Crippen molar-refractivity contribution in [3.8, 4) is 11.5 Å². The van der Waals surface area contributed by atoms with Crippen LogP contribution in [0.25, 0.3) is 11.5 Å². The fourth-order valence-corrected chi connectivity index (χ4v) is 1.60. The zero-order chi connectivity index (χ0) is 10.8. The fourth-order valence-electron chi connectivity index (χ4n) is 1.60. The summed E-state index contributed by atoms with van der Waals surface area (Å²) in [5.74, 6) is 1.73. The highest BCUT2D eigenvalue weighted by molar-refractivity contribution is 5.59. The Balaban J connectivity index is 2.52. The zero-order valence-electron chi connectivity index (χ0n) is 9.19. The van der Waals surface area contributed by atoms with E-state index in [1.807, 2.05) is 25.1 Å². The van der Waals surface area contributed by atoms with Crippen molar-refractivity contribution in [2.75, 3.05) is 0 Å². The molecule has 0 radical (unpaired) electrons. The normalized spacial score (nSPS) is 10.9. The highest BCUT2D eigenvalue weighted by Gasteiger charge is 2.12. The predicted octanol–water partition coefficient (Wildman–Crippen LogP) is 3.17. The van der Waals surface area contributed by atoms with Crippen molar-refractivity contribution in [3.05, 3.63) is 35.7 Å². The molecule has 2 aromatic rings. The molecule has 0 saturated carbocycles. The number of aryl methyl sites for hydroxylation is 1. The molecule has 0 N–H and O–H groups in total. The molecule has 0 spiro atoms. The number of aromatic nitrogens is 2. The molecule has 3 heteroatoms. The minimum atomic E-state index is 0.452. The number of nitrogens with zero attached hydrogens (tertiary/aromatic N) is 2. The monoisotopic (exact) mass is 202 g/mol. The maximum Gasteiger partial charge on any atom is 0.258 e. The average Bonchev–Trinajstić information content (AvgIpc) is 2.65. The molecular weight excluding hydrogens is 188 g/mol. The highest BCUT2D eigenvalue weighted by atomic mass is 16.5. The molecule has 0 bridgehead atoms. The molecule has 0 saturated heterocycles. The Morgan fingerprint density at radius 1 is 1.20 bits per heavy atom. The third-order valence-corrected chi connectivity index (χ3v) is 2.34. The van der Waals surface area contributed by atoms with E-state index in [0.29, 0.717) is 17.6 Å². The van der Waals surface area contributed by atoms with Gasteiger partial charge in [-0.3, -0.25) is 0 Å². The van der Waals surface area contributed by atoms with Crippen molar-refractivity contribution >= 4 is 0 Å². The Morgan fingerprint density at radius 2 is 1.93 bits per heavy atom. The second-order valence-corrected chi connectivity index (χ2v) is 3.89. The van der Waals surface area contributed by atoms with Gasteiger partial charge in [-0.05, 0) is 24.5 Å². The van der Waals surface area contributed by atoms with E-state index in [0.717, 1.165) is 5.56 Å². The Morgan fingerprint density at radius 3 is 2.53 bits per heavy atom. The van der Waals surface area contributed by atoms with Crippen LogP contribution in [0.15, 0.2) is 28.8 Å². The molecule has 15 heavy (non-hydrogen) atoms. The van der Waals surface area contributed by atoms with Crippen LogP contribution in [-0.4, -0.2) is 10.1 Å². The predicted molar refractivity (Wildman–Crippen MR) is 58.6 cm³/mol. The molecule has 0 atom stereocenters. The van der Waals surface area contributed by atoms with Crippen LogP contribution in [-0.2, 0) is 0 Å². The first-order valence-corrected chi connectivity index (χ1v) is 5.08. The van der Waals surface area contributed by atoms with E-state index in [1.165, 1.54) is 5.56 Å². The lowest BCUT2D eigenvalue weighted by molar-refractivity contribution is 0.425. The van der Waals surface area contributed by atoms with Gasteiger partial charge in [-0.2, -0.15) is 4.98 Å². The summed E-state index contributed by atoms with van der Waals surface area (Å²) in [6.45, 7) is 6.13. The third-order valence-electron chi connectivity index (χ3n) is 2.34. The van der Waals surface area contributed by atoms with Crippen LogP contribution in [0.5, 0.6) is 0 Å². The molecule has 78 valence electrons. The van der Waals surface area contributed by atoms with Gasteiger partial charge >= 0.3 is 0 Å². The molecule has 0 aliphatic heterocycles. The number of hydrogen-bond donors (Lipinski definition) is 0. The maximum absolute atomic E-state index is 5.18. The summed E-state index contributed by atoms with van der Waals surface area (Å²) in [5, 5.41) is 3.81. The molecular formula is C12H14N2O. The molecule has 0 amide bonds. The minimum absolute atomic E-state index is 0.452. The third kappa shape index (κ3) is 1.91. The quantitative estimate of drug-likeness (QED) is 0.750. The van der Waals surface area contributed by atoms with Crippen LogP contribution in [0.2, 0.25) is 0 Å². The van der Waals surface area contributed by atoms with Gasteiger partial charge in [0.1, 0.15) is 0 Å². The second kappa shape index (κ2) is 3.85. The first kappa shape index (κ1) is 9.90. The van der Waals surface area contributed by atoms with Crippen LogP contribution < -0.4 is 0 Å². The highest BCUT2D eigenvalue weighted by Crippen LogP contribution is 2.27. The van der Waals surface area contributed by atoms with E-state index < -0.39 is 0 Å². The van der Waals surface area contributed by atoms with Gasteiger partial charge in [-0.1, -0.05) is 37.2 Å². The van der Waals surface area contributed by atoms with Gasteiger partial charge in [-0.25, -0.2) is 0 Å². The van der Waals surface area contributed by atoms with Crippen molar-refractivity contribution in [2.45, 2.75) is 26.7 Å². The largest absolute Gasteiger partial charge is 0.334 e. The summed E-state index contributed by atoms with van der Waals surface area (Å²) in [5.41, 5.74) is 2.27. The lowest BCUT2D eigenvalue weighted by Crippen LogP contribution is -1.91. The molecule has 1 aromatic heterocycles. The summed E-state index contributed by atoms with van der Waals surface area (Å²) < 4.78 is 5.18. The smallest absolute Gasteiger partial charge is 0.258 e. The summed E-state index contributed by atoms with van der Waals surface area (Å²) in [4.78, 5) is 4.25. The van der Waals surface area contributed by atoms with Gasteiger partial charge in [-0.15, -0.1) is 0 Å². The first-order chi connectivity index (χ1) is 7.18. The van der Waals surface area contributed by atoms with Crippen molar-refractivity contribution < 1.29 is 4.52 Å². The Labute approximate surface area is 89.1 Å². The molecule has 1 aromatic carbocycles. The first-order valence-electron chi connectivity index (χ1n) is 5.08. The van der Waals surface area contributed by atoms with Crippen molar-refractivity contribution in [1.29, 1.82) is 0 Å². The summed E-state index contributed by atoms with van der Waals surface area (Å²) in [7, 11) is 0. The SMILES string of the molecule is Cc1noc(-c2ccccc2C(C)C)n1. The maximum atomic E-state index is 5.18. The van der Waals surface area contributed by atoms with E-state index in [9.17, 15) is 0 Å². The molecule has 0 aliphatic carbocycles. The lowest BCUT2D eigenvalue weighted by atomic mass is 9.97. The van der Waals surface area contributed by atoms with Gasteiger partial charge in [0.05, 0.1) is 0 Å². The molecule has 3 nitrogen and oxygen atoms in total. The zero-order valence-corrected chi connectivity index (χ0v) is 9.19. The van der Waals surface area contributed by atoms with Gasteiger partial charge in [0.25, 0.3) is 5.89 Å². The summed E-state index contributed by atoms with van der Waals surface area (Å²) >= 11 is 0. The summed E-state index contributed by atoms with van der Waals surface area (Å²) in [6, 6.07) is 8.13. The number of rotatable bonds is 2. The van der Waals surface area contributed by atoms with Gasteiger partial charge < -0.3 is 4.52 Å². The second-order valence-electron chi connectivity index (χ2n) is 3.89. The van der Waals surface area contributed by atoms with Crippen LogP contribution in [0, 0.1) is 6.92 Å². The van der Waals surface area contributed by atoms with Gasteiger partial charge in [0, 0.05) is 5.56 Å². The van der Waals surface area contributed by atoms with Crippen molar-refractivity contribution in [1.82, 2.24) is 10.1 Å². The van der Waals surface area contributed by atoms with E-state index in [4.69, 9.17) is 4.52 Å². The van der Waals surface area contributed by atoms with Gasteiger partial charge in [0.15, 0.2) is 5.82 Å². The van der Waals surface area contributed by atoms with E-state index in [2.05, 4.69) is 30.1 Å². The lowest BCUT2D eigenvalue weighted by Gasteiger charge is -2.08. The Bertz CT molecular complexity index is 460.